The van der Waals surface area contributed by atoms with E-state index in [0.29, 0.717) is 31.3 Å². The highest BCUT2D eigenvalue weighted by Crippen LogP contribution is 2.35. The zero-order valence-electron chi connectivity index (χ0n) is 14.9. The first-order valence-corrected chi connectivity index (χ1v) is 9.16. The lowest BCUT2D eigenvalue weighted by molar-refractivity contribution is -0.130. The minimum atomic E-state index is -0.704. The van der Waals surface area contributed by atoms with Gasteiger partial charge in [0.15, 0.2) is 11.5 Å². The van der Waals surface area contributed by atoms with Crippen molar-refractivity contribution in [2.45, 2.75) is 24.4 Å². The van der Waals surface area contributed by atoms with Crippen LogP contribution in [0.15, 0.2) is 48.5 Å². The maximum atomic E-state index is 13.8. The number of carbonyl (C=O) groups excluding carboxylic acids is 1. The van der Waals surface area contributed by atoms with Gasteiger partial charge in [-0.3, -0.25) is 4.79 Å². The van der Waals surface area contributed by atoms with Crippen LogP contribution in [0.25, 0.3) is 0 Å². The molecule has 27 heavy (non-hydrogen) atoms. The molecule has 2 heterocycles. The summed E-state index contributed by atoms with van der Waals surface area (Å²) >= 11 is 0. The topological polar surface area (TPSA) is 56.8 Å². The molecule has 142 valence electrons. The number of para-hydroxylation sites is 2. The van der Waals surface area contributed by atoms with Crippen LogP contribution in [0.4, 0.5) is 4.39 Å². The van der Waals surface area contributed by atoms with Crippen molar-refractivity contribution >= 4 is 5.91 Å². The highest BCUT2D eigenvalue weighted by molar-refractivity contribution is 5.81. The molecular formula is C21H22FNO4. The second-order valence-corrected chi connectivity index (χ2v) is 6.99. The van der Waals surface area contributed by atoms with Gasteiger partial charge in [-0.2, -0.15) is 0 Å². The molecule has 1 N–H and O–H groups in total. The van der Waals surface area contributed by atoms with Crippen LogP contribution in [0.2, 0.25) is 0 Å². The summed E-state index contributed by atoms with van der Waals surface area (Å²) in [6, 6.07) is 13.9. The smallest absolute Gasteiger partial charge is 0.264 e. The Labute approximate surface area is 157 Å². The Morgan fingerprint density at radius 2 is 1.89 bits per heavy atom. The number of carbonyl (C=O) groups is 1. The van der Waals surface area contributed by atoms with Crippen molar-refractivity contribution in [1.29, 1.82) is 0 Å². The van der Waals surface area contributed by atoms with Crippen LogP contribution in [0.3, 0.4) is 0 Å². The Bertz CT molecular complexity index is 819. The molecule has 1 atom stereocenters. The SMILES string of the molecule is O=C(NCC1(c2cccc(F)c2)CCOCC1)C1COc2ccccc2O1. The predicted molar refractivity (Wildman–Crippen MR) is 97.5 cm³/mol. The van der Waals surface area contributed by atoms with E-state index in [0.717, 1.165) is 18.4 Å². The van der Waals surface area contributed by atoms with Crippen molar-refractivity contribution in [1.82, 2.24) is 5.32 Å². The summed E-state index contributed by atoms with van der Waals surface area (Å²) in [7, 11) is 0. The fraction of sp³-hybridized carbons (Fsp3) is 0.381. The number of hydrogen-bond donors (Lipinski definition) is 1. The van der Waals surface area contributed by atoms with Gasteiger partial charge in [0.1, 0.15) is 12.4 Å². The Balaban J connectivity index is 1.46. The third-order valence-electron chi connectivity index (χ3n) is 5.29. The minimum Gasteiger partial charge on any atom is -0.485 e. The van der Waals surface area contributed by atoms with Crippen molar-refractivity contribution in [2.24, 2.45) is 0 Å². The van der Waals surface area contributed by atoms with Gasteiger partial charge in [-0.25, -0.2) is 4.39 Å². The first-order valence-electron chi connectivity index (χ1n) is 9.16. The lowest BCUT2D eigenvalue weighted by Crippen LogP contribution is -2.50. The Morgan fingerprint density at radius 3 is 2.67 bits per heavy atom. The lowest BCUT2D eigenvalue weighted by atomic mass is 9.74. The van der Waals surface area contributed by atoms with E-state index in [1.807, 2.05) is 24.3 Å². The molecule has 0 spiro atoms. The van der Waals surface area contributed by atoms with Crippen LogP contribution in [0, 0.1) is 5.82 Å². The lowest BCUT2D eigenvalue weighted by Gasteiger charge is -2.38. The molecule has 2 aromatic carbocycles. The van der Waals surface area contributed by atoms with Crippen LogP contribution in [-0.2, 0) is 14.9 Å². The molecule has 6 heteroatoms. The quantitative estimate of drug-likeness (QED) is 0.898. The summed E-state index contributed by atoms with van der Waals surface area (Å²) in [5, 5.41) is 2.99. The highest BCUT2D eigenvalue weighted by Gasteiger charge is 2.36. The van der Waals surface area contributed by atoms with Crippen LogP contribution >= 0.6 is 0 Å². The largest absolute Gasteiger partial charge is 0.485 e. The molecule has 5 nitrogen and oxygen atoms in total. The third-order valence-corrected chi connectivity index (χ3v) is 5.29. The molecule has 1 fully saturated rings. The van der Waals surface area contributed by atoms with E-state index in [4.69, 9.17) is 14.2 Å². The Kier molecular flexibility index (Phi) is 4.99. The monoisotopic (exact) mass is 371 g/mol. The number of fused-ring (bicyclic) bond motifs is 1. The molecule has 2 aliphatic heterocycles. The van der Waals surface area contributed by atoms with Gasteiger partial charge in [-0.05, 0) is 42.7 Å². The van der Waals surface area contributed by atoms with Crippen molar-refractivity contribution < 1.29 is 23.4 Å². The van der Waals surface area contributed by atoms with Crippen molar-refractivity contribution in [3.05, 3.63) is 59.9 Å². The molecular weight excluding hydrogens is 349 g/mol. The molecule has 2 aromatic rings. The van der Waals surface area contributed by atoms with E-state index in [1.54, 1.807) is 18.2 Å². The van der Waals surface area contributed by atoms with E-state index in [1.165, 1.54) is 6.07 Å². The van der Waals surface area contributed by atoms with Crippen LogP contribution in [0.5, 0.6) is 11.5 Å². The van der Waals surface area contributed by atoms with Gasteiger partial charge < -0.3 is 19.5 Å². The zero-order valence-corrected chi connectivity index (χ0v) is 14.9. The number of halogens is 1. The number of ether oxygens (including phenoxy) is 3. The molecule has 2 aliphatic rings. The van der Waals surface area contributed by atoms with Gasteiger partial charge in [-0.15, -0.1) is 0 Å². The molecule has 0 bridgehead atoms. The summed E-state index contributed by atoms with van der Waals surface area (Å²) in [5.41, 5.74) is 0.543. The van der Waals surface area contributed by atoms with E-state index >= 15 is 0 Å². The van der Waals surface area contributed by atoms with Gasteiger partial charge in [-0.1, -0.05) is 24.3 Å². The molecule has 1 saturated heterocycles. The molecule has 0 radical (unpaired) electrons. The van der Waals surface area contributed by atoms with Gasteiger partial charge in [0.25, 0.3) is 5.91 Å². The normalized spacial score (nSPS) is 20.7. The second kappa shape index (κ2) is 7.56. The van der Waals surface area contributed by atoms with E-state index < -0.39 is 6.10 Å². The van der Waals surface area contributed by atoms with Crippen molar-refractivity contribution in [3.63, 3.8) is 0 Å². The first kappa shape index (κ1) is 17.8. The number of nitrogens with one attached hydrogen (secondary N) is 1. The van der Waals surface area contributed by atoms with Gasteiger partial charge >= 0.3 is 0 Å². The van der Waals surface area contributed by atoms with Gasteiger partial charge in [0.05, 0.1) is 0 Å². The van der Waals surface area contributed by atoms with Crippen LogP contribution in [-0.4, -0.2) is 38.4 Å². The highest BCUT2D eigenvalue weighted by atomic mass is 19.1. The van der Waals surface area contributed by atoms with Gasteiger partial charge in [0.2, 0.25) is 6.10 Å². The average Bonchev–Trinajstić information content (AvgIpc) is 2.72. The maximum absolute atomic E-state index is 13.8. The first-order chi connectivity index (χ1) is 13.2. The third kappa shape index (κ3) is 3.76. The van der Waals surface area contributed by atoms with Gasteiger partial charge in [0, 0.05) is 25.2 Å². The number of hydrogen-bond acceptors (Lipinski definition) is 4. The number of amides is 1. The minimum absolute atomic E-state index is 0.166. The van der Waals surface area contributed by atoms with Crippen molar-refractivity contribution in [2.75, 3.05) is 26.4 Å². The maximum Gasteiger partial charge on any atom is 0.264 e. The average molecular weight is 371 g/mol. The fourth-order valence-electron chi connectivity index (χ4n) is 3.67. The summed E-state index contributed by atoms with van der Waals surface area (Å²) < 4.78 is 30.6. The zero-order chi connectivity index (χ0) is 18.7. The Morgan fingerprint density at radius 1 is 1.11 bits per heavy atom. The Hall–Kier alpha value is -2.60. The molecule has 0 aromatic heterocycles. The number of benzene rings is 2. The molecule has 1 amide bonds. The van der Waals surface area contributed by atoms with Crippen LogP contribution in [0.1, 0.15) is 18.4 Å². The fourth-order valence-corrected chi connectivity index (χ4v) is 3.67. The van der Waals surface area contributed by atoms with E-state index in [-0.39, 0.29) is 23.7 Å². The summed E-state index contributed by atoms with van der Waals surface area (Å²) in [6.45, 7) is 1.74. The predicted octanol–water partition coefficient (Wildman–Crippen LogP) is 2.83. The van der Waals surface area contributed by atoms with Crippen molar-refractivity contribution in [3.8, 4) is 11.5 Å². The molecule has 0 saturated carbocycles. The second-order valence-electron chi connectivity index (χ2n) is 6.99. The summed E-state index contributed by atoms with van der Waals surface area (Å²) in [4.78, 5) is 12.7. The molecule has 0 aliphatic carbocycles. The van der Waals surface area contributed by atoms with Crippen LogP contribution < -0.4 is 14.8 Å². The standard InChI is InChI=1S/C21H22FNO4/c22-16-5-3-4-15(12-16)21(8-10-25-11-9-21)14-23-20(24)19-13-26-17-6-1-2-7-18(17)27-19/h1-7,12,19H,8-11,13-14H2,(H,23,24). The molecule has 1 unspecified atom stereocenters. The van der Waals surface area contributed by atoms with E-state index in [2.05, 4.69) is 5.32 Å². The molecule has 4 rings (SSSR count). The summed E-state index contributed by atoms with van der Waals surface area (Å²) in [5.74, 6) is 0.703. The van der Waals surface area contributed by atoms with E-state index in [9.17, 15) is 9.18 Å². The number of rotatable bonds is 4. The summed E-state index contributed by atoms with van der Waals surface area (Å²) in [6.07, 6.45) is 0.743.